The Morgan fingerprint density at radius 2 is 2.09 bits per heavy atom. The molecular weight excluding hydrogens is 292 g/mol. The van der Waals surface area contributed by atoms with Crippen LogP contribution < -0.4 is 0 Å². The molecule has 0 bridgehead atoms. The van der Waals surface area contributed by atoms with E-state index in [1.807, 2.05) is 12.1 Å². The van der Waals surface area contributed by atoms with Crippen LogP contribution >= 0.6 is 43.4 Å². The Labute approximate surface area is 84.0 Å². The molecule has 11 heavy (non-hydrogen) atoms. The van der Waals surface area contributed by atoms with Crippen molar-refractivity contribution in [1.29, 1.82) is 0 Å². The minimum Gasteiger partial charge on any atom is -0.137 e. The zero-order valence-electron chi connectivity index (χ0n) is 5.21. The smallest absolute Gasteiger partial charge is 0.121 e. The van der Waals surface area contributed by atoms with Gasteiger partial charge in [0.2, 0.25) is 0 Å². The van der Waals surface area contributed by atoms with E-state index in [1.54, 1.807) is 0 Å². The van der Waals surface area contributed by atoms with Crippen LogP contribution in [0.25, 0.3) is 10.2 Å². The van der Waals surface area contributed by atoms with Gasteiger partial charge >= 0.3 is 0 Å². The molecule has 0 aliphatic carbocycles. The molecule has 0 aliphatic rings. The average molecular weight is 294 g/mol. The molecular formula is C6H2Br2N2S. The second-order valence-electron chi connectivity index (χ2n) is 1.98. The Bertz CT molecular complexity index is 398. The molecule has 1 aromatic carbocycles. The molecule has 0 N–H and O–H groups in total. The number of nitrogens with zero attached hydrogens (tertiary/aromatic N) is 2. The maximum atomic E-state index is 3.97. The molecule has 5 heteroatoms. The second-order valence-corrected chi connectivity index (χ2v) is 4.41. The average Bonchev–Trinajstić information content (AvgIpc) is 2.45. The van der Waals surface area contributed by atoms with Crippen LogP contribution in [-0.2, 0) is 0 Å². The van der Waals surface area contributed by atoms with Crippen LogP contribution in [0, 0.1) is 0 Å². The first kappa shape index (κ1) is 7.64. The first-order chi connectivity index (χ1) is 5.29. The minimum atomic E-state index is 0.921. The van der Waals surface area contributed by atoms with Crippen molar-refractivity contribution in [2.24, 2.45) is 0 Å². The topological polar surface area (TPSA) is 25.8 Å². The van der Waals surface area contributed by atoms with Crippen molar-refractivity contribution in [3.63, 3.8) is 0 Å². The van der Waals surface area contributed by atoms with Crippen molar-refractivity contribution < 1.29 is 0 Å². The molecule has 0 fully saturated rings. The van der Waals surface area contributed by atoms with E-state index < -0.39 is 0 Å². The summed E-state index contributed by atoms with van der Waals surface area (Å²) >= 11 is 8.21. The monoisotopic (exact) mass is 292 g/mol. The van der Waals surface area contributed by atoms with Gasteiger partial charge in [0.05, 0.1) is 9.17 Å². The lowest BCUT2D eigenvalue weighted by Gasteiger charge is -1.93. The van der Waals surface area contributed by atoms with Crippen LogP contribution in [0.3, 0.4) is 0 Å². The van der Waals surface area contributed by atoms with Crippen LogP contribution in [-0.4, -0.2) is 9.59 Å². The van der Waals surface area contributed by atoms with Gasteiger partial charge in [-0.25, -0.2) is 0 Å². The maximum Gasteiger partial charge on any atom is 0.121 e. The molecule has 0 saturated carbocycles. The molecule has 0 radical (unpaired) electrons. The minimum absolute atomic E-state index is 0.921. The highest BCUT2D eigenvalue weighted by Gasteiger charge is 2.05. The third kappa shape index (κ3) is 1.21. The summed E-state index contributed by atoms with van der Waals surface area (Å²) in [5, 5.41) is 3.97. The lowest BCUT2D eigenvalue weighted by Crippen LogP contribution is -1.72. The highest BCUT2D eigenvalue weighted by molar-refractivity contribution is 9.13. The van der Waals surface area contributed by atoms with Gasteiger partial charge in [-0.05, 0) is 55.5 Å². The van der Waals surface area contributed by atoms with Crippen LogP contribution in [0.2, 0.25) is 0 Å². The number of rotatable bonds is 0. The first-order valence-electron chi connectivity index (χ1n) is 2.85. The molecule has 1 aromatic heterocycles. The zero-order chi connectivity index (χ0) is 7.84. The van der Waals surface area contributed by atoms with Crippen LogP contribution in [0.5, 0.6) is 0 Å². The van der Waals surface area contributed by atoms with Crippen LogP contribution in [0.15, 0.2) is 21.1 Å². The van der Waals surface area contributed by atoms with E-state index in [0.717, 1.165) is 19.2 Å². The summed E-state index contributed by atoms with van der Waals surface area (Å²) < 4.78 is 6.93. The number of hydrogen-bond donors (Lipinski definition) is 0. The molecule has 0 atom stereocenters. The van der Waals surface area contributed by atoms with Gasteiger partial charge in [-0.3, -0.25) is 0 Å². The Morgan fingerprint density at radius 3 is 2.91 bits per heavy atom. The van der Waals surface area contributed by atoms with Crippen molar-refractivity contribution in [3.05, 3.63) is 21.1 Å². The van der Waals surface area contributed by atoms with E-state index in [4.69, 9.17) is 0 Å². The van der Waals surface area contributed by atoms with Crippen molar-refractivity contribution in [3.8, 4) is 0 Å². The third-order valence-electron chi connectivity index (χ3n) is 1.31. The number of fused-ring (bicyclic) bond motifs is 1. The van der Waals surface area contributed by atoms with E-state index in [9.17, 15) is 0 Å². The summed E-state index contributed by atoms with van der Waals surface area (Å²) in [4.78, 5) is 0. The summed E-state index contributed by atoms with van der Waals surface area (Å²) in [6, 6.07) is 3.97. The second kappa shape index (κ2) is 2.80. The summed E-state index contributed by atoms with van der Waals surface area (Å²) in [6.45, 7) is 0. The van der Waals surface area contributed by atoms with Gasteiger partial charge < -0.3 is 0 Å². The Balaban J connectivity index is 2.93. The highest BCUT2D eigenvalue weighted by atomic mass is 79.9. The van der Waals surface area contributed by atoms with Gasteiger partial charge in [0.15, 0.2) is 0 Å². The van der Waals surface area contributed by atoms with Crippen molar-refractivity contribution in [2.45, 2.75) is 0 Å². The molecule has 2 rings (SSSR count). The van der Waals surface area contributed by atoms with Crippen molar-refractivity contribution in [1.82, 2.24) is 9.59 Å². The van der Waals surface area contributed by atoms with E-state index in [1.165, 1.54) is 11.5 Å². The molecule has 0 unspecified atom stereocenters. The van der Waals surface area contributed by atoms with E-state index in [-0.39, 0.29) is 0 Å². The highest BCUT2D eigenvalue weighted by Crippen LogP contribution is 2.30. The quantitative estimate of drug-likeness (QED) is 0.745. The lowest BCUT2D eigenvalue weighted by atomic mass is 10.3. The SMILES string of the molecule is Brc1ccc2snnc2c1Br. The van der Waals surface area contributed by atoms with Gasteiger partial charge in [-0.1, -0.05) is 4.49 Å². The zero-order valence-corrected chi connectivity index (χ0v) is 9.20. The molecule has 0 spiro atoms. The van der Waals surface area contributed by atoms with Gasteiger partial charge in [0.1, 0.15) is 5.52 Å². The first-order valence-corrected chi connectivity index (χ1v) is 5.21. The summed E-state index contributed by atoms with van der Waals surface area (Å²) in [5.41, 5.74) is 0.921. The lowest BCUT2D eigenvalue weighted by molar-refractivity contribution is 1.19. The summed E-state index contributed by atoms with van der Waals surface area (Å²) in [5.74, 6) is 0. The molecule has 2 nitrogen and oxygen atoms in total. The summed E-state index contributed by atoms with van der Waals surface area (Å²) in [7, 11) is 0. The fourth-order valence-electron chi connectivity index (χ4n) is 0.794. The van der Waals surface area contributed by atoms with Gasteiger partial charge in [-0.2, -0.15) is 0 Å². The largest absolute Gasteiger partial charge is 0.137 e. The molecule has 0 saturated heterocycles. The predicted octanol–water partition coefficient (Wildman–Crippen LogP) is 3.22. The fourth-order valence-corrected chi connectivity index (χ4v) is 2.24. The van der Waals surface area contributed by atoms with Crippen LogP contribution in [0.4, 0.5) is 0 Å². The summed E-state index contributed by atoms with van der Waals surface area (Å²) in [6.07, 6.45) is 0. The van der Waals surface area contributed by atoms with Crippen LogP contribution in [0.1, 0.15) is 0 Å². The number of benzene rings is 1. The Morgan fingerprint density at radius 1 is 1.27 bits per heavy atom. The standard InChI is InChI=1S/C6H2Br2N2S/c7-3-1-2-4-6(5(3)8)9-10-11-4/h1-2H. The maximum absolute atomic E-state index is 3.97. The number of hydrogen-bond acceptors (Lipinski definition) is 3. The molecule has 0 amide bonds. The fraction of sp³-hybridized carbons (Fsp3) is 0. The van der Waals surface area contributed by atoms with Gasteiger partial charge in [0, 0.05) is 4.47 Å². The number of halogens is 2. The van der Waals surface area contributed by atoms with E-state index in [2.05, 4.69) is 41.4 Å². The van der Waals surface area contributed by atoms with Crippen molar-refractivity contribution in [2.75, 3.05) is 0 Å². The molecule has 0 aliphatic heterocycles. The van der Waals surface area contributed by atoms with Gasteiger partial charge in [-0.15, -0.1) is 5.10 Å². The molecule has 56 valence electrons. The molecule has 1 heterocycles. The number of aromatic nitrogens is 2. The van der Waals surface area contributed by atoms with E-state index >= 15 is 0 Å². The van der Waals surface area contributed by atoms with Gasteiger partial charge in [0.25, 0.3) is 0 Å². The Kier molecular flexibility index (Phi) is 1.95. The van der Waals surface area contributed by atoms with E-state index in [0.29, 0.717) is 0 Å². The predicted molar refractivity (Wildman–Crippen MR) is 52.8 cm³/mol. The van der Waals surface area contributed by atoms with Crippen molar-refractivity contribution >= 4 is 53.6 Å². The normalized spacial score (nSPS) is 10.7. The third-order valence-corrected chi connectivity index (χ3v) is 4.00. The Hall–Kier alpha value is -0.000000000000000111. The molecule has 2 aromatic rings.